The van der Waals surface area contributed by atoms with Crippen molar-refractivity contribution in [3.63, 3.8) is 0 Å². The molecular weight excluding hydrogens is 278 g/mol. The molecular formula is C17H13N3O2. The Hall–Kier alpha value is -2.84. The van der Waals surface area contributed by atoms with Gasteiger partial charge >= 0.3 is 0 Å². The van der Waals surface area contributed by atoms with Crippen LogP contribution in [-0.2, 0) is 4.79 Å². The van der Waals surface area contributed by atoms with Gasteiger partial charge in [0.25, 0.3) is 0 Å². The summed E-state index contributed by atoms with van der Waals surface area (Å²) in [6, 6.07) is 9.12. The molecule has 2 aliphatic carbocycles. The molecule has 0 aromatic carbocycles. The minimum Gasteiger partial charge on any atom is -0.469 e. The molecule has 5 heteroatoms. The number of hydrogen-bond donors (Lipinski definition) is 0. The summed E-state index contributed by atoms with van der Waals surface area (Å²) in [5, 5.41) is 28.6. The molecule has 0 saturated heterocycles. The van der Waals surface area contributed by atoms with Gasteiger partial charge in [0.05, 0.1) is 29.9 Å². The Kier molecular flexibility index (Phi) is 3.32. The summed E-state index contributed by atoms with van der Waals surface area (Å²) in [5.41, 5.74) is -1.08. The summed E-state index contributed by atoms with van der Waals surface area (Å²) < 4.78 is 5.44. The van der Waals surface area contributed by atoms with Crippen molar-refractivity contribution in [1.82, 2.24) is 0 Å². The Labute approximate surface area is 128 Å². The van der Waals surface area contributed by atoms with Crippen LogP contribution in [0.25, 0.3) is 0 Å². The zero-order chi connectivity index (χ0) is 15.7. The summed E-state index contributed by atoms with van der Waals surface area (Å²) in [5.74, 6) is -1.00. The molecule has 0 radical (unpaired) electrons. The molecule has 1 saturated carbocycles. The van der Waals surface area contributed by atoms with Gasteiger partial charge in [0.1, 0.15) is 11.8 Å². The van der Waals surface area contributed by atoms with Crippen molar-refractivity contribution in [3.05, 3.63) is 35.3 Å². The number of Topliss-reactive ketones (excluding diaryl/α,β-unsaturated/α-hetero) is 1. The lowest BCUT2D eigenvalue weighted by molar-refractivity contribution is -0.122. The molecule has 5 nitrogen and oxygen atoms in total. The first-order valence-corrected chi connectivity index (χ1v) is 7.23. The van der Waals surface area contributed by atoms with Crippen LogP contribution in [0.3, 0.4) is 0 Å². The Balaban J connectivity index is 2.29. The lowest BCUT2D eigenvalue weighted by atomic mass is 9.56. The second-order valence-corrected chi connectivity index (χ2v) is 5.72. The zero-order valence-corrected chi connectivity index (χ0v) is 11.9. The number of nitrogens with zero attached hydrogens (tertiary/aromatic N) is 3. The number of carbonyl (C=O) groups excluding carboxylic acids is 1. The molecule has 1 fully saturated rings. The molecule has 3 rings (SSSR count). The molecule has 0 aliphatic heterocycles. The van der Waals surface area contributed by atoms with E-state index in [0.29, 0.717) is 12.2 Å². The number of furan rings is 1. The molecule has 22 heavy (non-hydrogen) atoms. The van der Waals surface area contributed by atoms with Crippen molar-refractivity contribution in [1.29, 1.82) is 15.8 Å². The first kappa shape index (κ1) is 14.1. The van der Waals surface area contributed by atoms with Gasteiger partial charge in [-0.1, -0.05) is 6.42 Å². The van der Waals surface area contributed by atoms with E-state index in [2.05, 4.69) is 0 Å². The molecule has 0 spiro atoms. The first-order valence-electron chi connectivity index (χ1n) is 7.23. The highest BCUT2D eigenvalue weighted by molar-refractivity contribution is 6.09. The molecule has 2 aliphatic rings. The van der Waals surface area contributed by atoms with Gasteiger partial charge in [-0.05, 0) is 42.9 Å². The highest BCUT2D eigenvalue weighted by Gasteiger charge is 2.58. The summed E-state index contributed by atoms with van der Waals surface area (Å²) in [7, 11) is 0. The van der Waals surface area contributed by atoms with Gasteiger partial charge in [0.2, 0.25) is 11.2 Å². The van der Waals surface area contributed by atoms with Crippen molar-refractivity contribution in [2.24, 2.45) is 11.3 Å². The van der Waals surface area contributed by atoms with Crippen LogP contribution in [0.2, 0.25) is 0 Å². The van der Waals surface area contributed by atoms with E-state index in [1.54, 1.807) is 12.1 Å². The number of hydrogen-bond acceptors (Lipinski definition) is 5. The Morgan fingerprint density at radius 2 is 2.00 bits per heavy atom. The maximum absolute atomic E-state index is 12.7. The van der Waals surface area contributed by atoms with Crippen molar-refractivity contribution in [2.45, 2.75) is 31.6 Å². The fraction of sp³-hybridized carbons (Fsp3) is 0.412. The van der Waals surface area contributed by atoms with E-state index in [1.165, 1.54) is 6.26 Å². The van der Waals surface area contributed by atoms with E-state index >= 15 is 0 Å². The predicted molar refractivity (Wildman–Crippen MR) is 74.7 cm³/mol. The number of fused-ring (bicyclic) bond motifs is 1. The van der Waals surface area contributed by atoms with Crippen LogP contribution >= 0.6 is 0 Å². The molecule has 0 amide bonds. The summed E-state index contributed by atoms with van der Waals surface area (Å²) in [6.07, 6.45) is 4.77. The standard InChI is InChI=1S/C17H13N3O2/c18-8-13-11-4-1-2-5-12(11)15(14-6-3-7-22-14)17(9-19,10-20)16(13)21/h3,6-7,12,15H,1-2,4-5H2/t12-,15+/m1/s1. The quantitative estimate of drug-likeness (QED) is 0.791. The van der Waals surface area contributed by atoms with Crippen LogP contribution in [0.5, 0.6) is 0 Å². The fourth-order valence-corrected chi connectivity index (χ4v) is 3.77. The largest absolute Gasteiger partial charge is 0.469 e. The third kappa shape index (κ3) is 1.71. The average Bonchev–Trinajstić information content (AvgIpc) is 3.08. The molecule has 1 heterocycles. The van der Waals surface area contributed by atoms with Crippen molar-refractivity contribution >= 4 is 5.78 Å². The predicted octanol–water partition coefficient (Wildman–Crippen LogP) is 2.99. The van der Waals surface area contributed by atoms with Gasteiger partial charge in [-0.3, -0.25) is 4.79 Å². The molecule has 0 bridgehead atoms. The zero-order valence-electron chi connectivity index (χ0n) is 11.9. The lowest BCUT2D eigenvalue weighted by Gasteiger charge is -2.41. The SMILES string of the molecule is N#CC1=C2CCCC[C@H]2[C@@H](c2ccco2)C(C#N)(C#N)C1=O. The summed E-state index contributed by atoms with van der Waals surface area (Å²) >= 11 is 0. The van der Waals surface area contributed by atoms with E-state index in [1.807, 2.05) is 18.2 Å². The van der Waals surface area contributed by atoms with Crippen molar-refractivity contribution < 1.29 is 9.21 Å². The van der Waals surface area contributed by atoms with Crippen LogP contribution in [-0.4, -0.2) is 5.78 Å². The summed E-state index contributed by atoms with van der Waals surface area (Å²) in [6.45, 7) is 0. The van der Waals surface area contributed by atoms with Crippen LogP contribution in [0, 0.1) is 45.3 Å². The monoisotopic (exact) mass is 291 g/mol. The third-order valence-electron chi connectivity index (χ3n) is 4.75. The number of allylic oxidation sites excluding steroid dienone is 2. The average molecular weight is 291 g/mol. The number of nitriles is 3. The van der Waals surface area contributed by atoms with E-state index in [4.69, 9.17) is 4.42 Å². The molecule has 2 atom stereocenters. The third-order valence-corrected chi connectivity index (χ3v) is 4.75. The Bertz CT molecular complexity index is 754. The first-order chi connectivity index (χ1) is 10.7. The normalized spacial score (nSPS) is 26.5. The minimum atomic E-state index is -1.88. The van der Waals surface area contributed by atoms with Crippen LogP contribution in [0.15, 0.2) is 34.0 Å². The Morgan fingerprint density at radius 3 is 2.59 bits per heavy atom. The maximum Gasteiger partial charge on any atom is 0.217 e. The molecule has 0 N–H and O–H groups in total. The van der Waals surface area contributed by atoms with Crippen molar-refractivity contribution in [2.75, 3.05) is 0 Å². The number of carbonyl (C=O) groups is 1. The molecule has 1 aromatic heterocycles. The lowest BCUT2D eigenvalue weighted by Crippen LogP contribution is -2.45. The highest BCUT2D eigenvalue weighted by atomic mass is 16.3. The second kappa shape index (κ2) is 5.17. The van der Waals surface area contributed by atoms with Gasteiger partial charge in [0, 0.05) is 0 Å². The Morgan fingerprint density at radius 1 is 1.23 bits per heavy atom. The van der Waals surface area contributed by atoms with Gasteiger partial charge in [-0.15, -0.1) is 0 Å². The fourth-order valence-electron chi connectivity index (χ4n) is 3.77. The summed E-state index contributed by atoms with van der Waals surface area (Å²) in [4.78, 5) is 12.7. The van der Waals surface area contributed by atoms with Gasteiger partial charge in [0.15, 0.2) is 0 Å². The highest BCUT2D eigenvalue weighted by Crippen LogP contribution is 2.54. The smallest absolute Gasteiger partial charge is 0.217 e. The number of ketones is 1. The maximum atomic E-state index is 12.7. The van der Waals surface area contributed by atoms with E-state index < -0.39 is 17.1 Å². The van der Waals surface area contributed by atoms with Gasteiger partial charge < -0.3 is 4.42 Å². The van der Waals surface area contributed by atoms with E-state index in [-0.39, 0.29) is 11.5 Å². The molecule has 0 unspecified atom stereocenters. The van der Waals surface area contributed by atoms with Crippen LogP contribution in [0.1, 0.15) is 37.4 Å². The minimum absolute atomic E-state index is 0.00982. The molecule has 1 aromatic rings. The number of rotatable bonds is 1. The van der Waals surface area contributed by atoms with Crippen molar-refractivity contribution in [3.8, 4) is 18.2 Å². The topological polar surface area (TPSA) is 102 Å². The van der Waals surface area contributed by atoms with Gasteiger partial charge in [-0.2, -0.15) is 15.8 Å². The van der Waals surface area contributed by atoms with Crippen LogP contribution in [0.4, 0.5) is 0 Å². The van der Waals surface area contributed by atoms with Crippen LogP contribution < -0.4 is 0 Å². The van der Waals surface area contributed by atoms with E-state index in [9.17, 15) is 20.6 Å². The molecule has 108 valence electrons. The van der Waals surface area contributed by atoms with Gasteiger partial charge in [-0.25, -0.2) is 0 Å². The second-order valence-electron chi connectivity index (χ2n) is 5.72. The van der Waals surface area contributed by atoms with E-state index in [0.717, 1.165) is 24.8 Å².